The molecule has 6 nitrogen and oxygen atoms in total. The van der Waals surface area contributed by atoms with Gasteiger partial charge in [0.25, 0.3) is 0 Å². The van der Waals surface area contributed by atoms with Crippen LogP contribution in [0.25, 0.3) is 0 Å². The van der Waals surface area contributed by atoms with Crippen LogP contribution in [0.3, 0.4) is 0 Å². The molecule has 3 rings (SSSR count). The molecule has 0 N–H and O–H groups in total. The van der Waals surface area contributed by atoms with Crippen molar-refractivity contribution >= 4 is 5.91 Å². The van der Waals surface area contributed by atoms with Crippen molar-refractivity contribution in [3.63, 3.8) is 0 Å². The Kier molecular flexibility index (Phi) is 4.23. The molecule has 0 aliphatic carbocycles. The fourth-order valence-corrected chi connectivity index (χ4v) is 2.60. The molecular formula is C17H20N2O4. The van der Waals surface area contributed by atoms with Crippen LogP contribution < -0.4 is 9.47 Å². The number of aryl methyl sites for hydroxylation is 2. The minimum absolute atomic E-state index is 0.00172. The summed E-state index contributed by atoms with van der Waals surface area (Å²) in [6.07, 6.45) is 0.102. The first-order valence-electron chi connectivity index (χ1n) is 7.59. The third kappa shape index (κ3) is 3.31. The summed E-state index contributed by atoms with van der Waals surface area (Å²) in [4.78, 5) is 14.1. The highest BCUT2D eigenvalue weighted by Crippen LogP contribution is 2.31. The zero-order valence-corrected chi connectivity index (χ0v) is 13.5. The Morgan fingerprint density at radius 1 is 1.30 bits per heavy atom. The van der Waals surface area contributed by atoms with E-state index in [1.807, 2.05) is 38.1 Å². The first kappa shape index (κ1) is 15.4. The van der Waals surface area contributed by atoms with Crippen molar-refractivity contribution in [2.24, 2.45) is 0 Å². The summed E-state index contributed by atoms with van der Waals surface area (Å²) in [5, 5.41) is 3.88. The number of aromatic nitrogens is 1. The molecule has 6 heteroatoms. The molecule has 1 unspecified atom stereocenters. The van der Waals surface area contributed by atoms with Gasteiger partial charge in [0, 0.05) is 12.6 Å². The van der Waals surface area contributed by atoms with E-state index in [1.165, 1.54) is 0 Å². The van der Waals surface area contributed by atoms with E-state index >= 15 is 0 Å². The van der Waals surface area contributed by atoms with Gasteiger partial charge in [-0.1, -0.05) is 17.3 Å². The third-order valence-corrected chi connectivity index (χ3v) is 3.98. The maximum atomic E-state index is 12.4. The third-order valence-electron chi connectivity index (χ3n) is 3.98. The lowest BCUT2D eigenvalue weighted by atomic mass is 10.1. The van der Waals surface area contributed by atoms with Gasteiger partial charge in [-0.15, -0.1) is 0 Å². The number of para-hydroxylation sites is 2. The number of likely N-dealkylation sites (N-methyl/N-ethyl adjacent to an activating group) is 1. The van der Waals surface area contributed by atoms with Crippen molar-refractivity contribution in [2.75, 3.05) is 20.2 Å². The number of ether oxygens (including phenoxy) is 2. The first-order valence-corrected chi connectivity index (χ1v) is 7.59. The molecule has 2 aromatic rings. The van der Waals surface area contributed by atoms with E-state index in [2.05, 4.69) is 5.16 Å². The standard InChI is InChI=1S/C17H20N2O4/c1-11-14(12(2)23-18-11)8-17(20)19(3)9-13-10-21-15-6-4-5-7-16(15)22-13/h4-7,13H,8-10H2,1-3H3. The van der Waals surface area contributed by atoms with Gasteiger partial charge in [-0.2, -0.15) is 0 Å². The van der Waals surface area contributed by atoms with Crippen LogP contribution in [0.2, 0.25) is 0 Å². The first-order chi connectivity index (χ1) is 11.0. The highest BCUT2D eigenvalue weighted by molar-refractivity contribution is 5.79. The largest absolute Gasteiger partial charge is 0.486 e. The van der Waals surface area contributed by atoms with Crippen molar-refractivity contribution in [3.8, 4) is 11.5 Å². The van der Waals surface area contributed by atoms with E-state index in [0.29, 0.717) is 18.9 Å². The Bertz CT molecular complexity index is 691. The van der Waals surface area contributed by atoms with Crippen molar-refractivity contribution in [1.82, 2.24) is 10.1 Å². The number of carbonyl (C=O) groups is 1. The Balaban J connectivity index is 1.59. The molecule has 1 aromatic carbocycles. The molecule has 0 radical (unpaired) electrons. The number of amides is 1. The lowest BCUT2D eigenvalue weighted by Gasteiger charge is -2.29. The number of rotatable bonds is 4. The van der Waals surface area contributed by atoms with E-state index in [9.17, 15) is 4.79 Å². The summed E-state index contributed by atoms with van der Waals surface area (Å²) in [7, 11) is 1.77. The quantitative estimate of drug-likeness (QED) is 0.864. The predicted octanol–water partition coefficient (Wildman–Crippen LogP) is 2.13. The number of nitrogens with zero attached hydrogens (tertiary/aromatic N) is 2. The summed E-state index contributed by atoms with van der Waals surface area (Å²) in [6, 6.07) is 7.55. The SMILES string of the molecule is Cc1noc(C)c1CC(=O)N(C)CC1COc2ccccc2O1. The van der Waals surface area contributed by atoms with Crippen LogP contribution in [0.15, 0.2) is 28.8 Å². The minimum atomic E-state index is -0.177. The molecule has 1 atom stereocenters. The van der Waals surface area contributed by atoms with Crippen LogP contribution in [0.4, 0.5) is 0 Å². The lowest BCUT2D eigenvalue weighted by Crippen LogP contribution is -2.42. The highest BCUT2D eigenvalue weighted by atomic mass is 16.6. The molecule has 0 saturated carbocycles. The van der Waals surface area contributed by atoms with E-state index in [4.69, 9.17) is 14.0 Å². The van der Waals surface area contributed by atoms with Crippen LogP contribution in [0.1, 0.15) is 17.0 Å². The molecule has 1 aliphatic heterocycles. The number of benzene rings is 1. The molecule has 1 aliphatic rings. The van der Waals surface area contributed by atoms with E-state index in [0.717, 1.165) is 22.8 Å². The van der Waals surface area contributed by atoms with Crippen LogP contribution in [0.5, 0.6) is 11.5 Å². The Labute approximate surface area is 135 Å². The Morgan fingerprint density at radius 3 is 2.74 bits per heavy atom. The zero-order valence-electron chi connectivity index (χ0n) is 13.5. The molecule has 1 amide bonds. The van der Waals surface area contributed by atoms with Gasteiger partial charge >= 0.3 is 0 Å². The molecule has 0 fully saturated rings. The molecule has 0 saturated heterocycles. The summed E-state index contributed by atoms with van der Waals surface area (Å²) >= 11 is 0. The maximum Gasteiger partial charge on any atom is 0.227 e. The van der Waals surface area contributed by atoms with Gasteiger partial charge in [0.15, 0.2) is 17.6 Å². The van der Waals surface area contributed by atoms with Crippen LogP contribution in [-0.4, -0.2) is 42.3 Å². The highest BCUT2D eigenvalue weighted by Gasteiger charge is 2.24. The molecule has 23 heavy (non-hydrogen) atoms. The second kappa shape index (κ2) is 6.32. The zero-order chi connectivity index (χ0) is 16.4. The lowest BCUT2D eigenvalue weighted by molar-refractivity contribution is -0.130. The number of carbonyl (C=O) groups excluding carboxylic acids is 1. The summed E-state index contributed by atoms with van der Waals surface area (Å²) in [6.45, 7) is 4.56. The van der Waals surface area contributed by atoms with Gasteiger partial charge in [0.1, 0.15) is 12.4 Å². The van der Waals surface area contributed by atoms with Crippen molar-refractivity contribution in [2.45, 2.75) is 26.4 Å². The second-order valence-electron chi connectivity index (χ2n) is 5.75. The minimum Gasteiger partial charge on any atom is -0.486 e. The maximum absolute atomic E-state index is 12.4. The summed E-state index contributed by atoms with van der Waals surface area (Å²) in [5.74, 6) is 2.15. The number of hydrogen-bond acceptors (Lipinski definition) is 5. The van der Waals surface area contributed by atoms with Gasteiger partial charge in [-0.25, -0.2) is 0 Å². The molecule has 0 spiro atoms. The van der Waals surface area contributed by atoms with Crippen molar-refractivity contribution in [3.05, 3.63) is 41.3 Å². The summed E-state index contributed by atoms with van der Waals surface area (Å²) in [5.41, 5.74) is 1.61. The molecular weight excluding hydrogens is 296 g/mol. The van der Waals surface area contributed by atoms with Crippen LogP contribution in [0, 0.1) is 13.8 Å². The fourth-order valence-electron chi connectivity index (χ4n) is 2.60. The van der Waals surface area contributed by atoms with Crippen LogP contribution >= 0.6 is 0 Å². The van der Waals surface area contributed by atoms with Gasteiger partial charge in [-0.3, -0.25) is 4.79 Å². The van der Waals surface area contributed by atoms with E-state index in [1.54, 1.807) is 11.9 Å². The van der Waals surface area contributed by atoms with Gasteiger partial charge in [0.05, 0.1) is 18.7 Å². The smallest absolute Gasteiger partial charge is 0.227 e. The average molecular weight is 316 g/mol. The average Bonchev–Trinajstić information content (AvgIpc) is 2.86. The van der Waals surface area contributed by atoms with Crippen molar-refractivity contribution in [1.29, 1.82) is 0 Å². The number of hydrogen-bond donors (Lipinski definition) is 0. The topological polar surface area (TPSA) is 64.8 Å². The molecule has 122 valence electrons. The monoisotopic (exact) mass is 316 g/mol. The Morgan fingerprint density at radius 2 is 2.04 bits per heavy atom. The Hall–Kier alpha value is -2.50. The van der Waals surface area contributed by atoms with Gasteiger partial charge < -0.3 is 18.9 Å². The van der Waals surface area contributed by atoms with Crippen LogP contribution in [-0.2, 0) is 11.2 Å². The molecule has 2 heterocycles. The van der Waals surface area contributed by atoms with Gasteiger partial charge in [0.2, 0.25) is 5.91 Å². The normalized spacial score (nSPS) is 16.2. The van der Waals surface area contributed by atoms with E-state index < -0.39 is 0 Å². The fraction of sp³-hybridized carbons (Fsp3) is 0.412. The predicted molar refractivity (Wildman–Crippen MR) is 83.7 cm³/mol. The number of fused-ring (bicyclic) bond motifs is 1. The molecule has 1 aromatic heterocycles. The second-order valence-corrected chi connectivity index (χ2v) is 5.75. The summed E-state index contributed by atoms with van der Waals surface area (Å²) < 4.78 is 16.7. The van der Waals surface area contributed by atoms with Crippen molar-refractivity contribution < 1.29 is 18.8 Å². The molecule has 0 bridgehead atoms. The van der Waals surface area contributed by atoms with Gasteiger partial charge in [-0.05, 0) is 26.0 Å². The van der Waals surface area contributed by atoms with E-state index in [-0.39, 0.29) is 18.4 Å².